The molecule has 0 saturated carbocycles. The third kappa shape index (κ3) is 1.65. The van der Waals surface area contributed by atoms with Gasteiger partial charge in [0.25, 0.3) is 0 Å². The summed E-state index contributed by atoms with van der Waals surface area (Å²) in [6, 6.07) is 27.1. The molecule has 0 nitrogen and oxygen atoms in total. The molecule has 1 heteroatoms. The Kier molecular flexibility index (Phi) is 3.00. The molecule has 0 N–H and O–H groups in total. The Morgan fingerprint density at radius 3 is 1.73 bits per heavy atom. The average Bonchev–Trinajstić information content (AvgIpc) is 3.15. The lowest BCUT2D eigenvalue weighted by atomic mass is 9.69. The number of fused-ring (bicyclic) bond motifs is 9. The van der Waals surface area contributed by atoms with Gasteiger partial charge in [-0.2, -0.15) is 0 Å². The summed E-state index contributed by atoms with van der Waals surface area (Å²) in [5, 5.41) is 0. The second-order valence-electron chi connectivity index (χ2n) is 7.37. The number of hydrogen-bond acceptors (Lipinski definition) is 0. The van der Waals surface area contributed by atoms with E-state index >= 15 is 0 Å². The van der Waals surface area contributed by atoms with Gasteiger partial charge in [-0.05, 0) is 89.6 Å². The first-order valence-corrected chi connectivity index (χ1v) is 10.3. The second kappa shape index (κ2) is 5.20. The largest absolute Gasteiger partial charge is 0.0722 e. The maximum Gasteiger partial charge on any atom is 0.0722 e. The van der Waals surface area contributed by atoms with Gasteiger partial charge in [-0.3, -0.25) is 0 Å². The summed E-state index contributed by atoms with van der Waals surface area (Å²) in [7, 11) is 0. The summed E-state index contributed by atoms with van der Waals surface area (Å²) in [6.45, 7) is 0. The number of halogens is 1. The molecule has 6 rings (SSSR count). The molecule has 124 valence electrons. The standard InChI is InChI=1S/C25H17I/c26-16-13-14-20-19-9-3-6-12-23(19)25(24(20)15-16)21-10-4-1-7-17(21)18-8-2-5-11-22(18)25/h1-12,15H,13-14H2. The van der Waals surface area contributed by atoms with Crippen LogP contribution in [0.4, 0.5) is 0 Å². The van der Waals surface area contributed by atoms with E-state index in [0.29, 0.717) is 0 Å². The van der Waals surface area contributed by atoms with Gasteiger partial charge in [0.2, 0.25) is 0 Å². The molecule has 0 amide bonds. The minimum Gasteiger partial charge on any atom is -0.0619 e. The van der Waals surface area contributed by atoms with Crippen LogP contribution in [-0.2, 0) is 5.41 Å². The zero-order valence-electron chi connectivity index (χ0n) is 14.3. The summed E-state index contributed by atoms with van der Waals surface area (Å²) in [5.74, 6) is 0. The van der Waals surface area contributed by atoms with E-state index in [1.54, 1.807) is 5.57 Å². The molecular formula is C25H17I. The number of hydrogen-bond donors (Lipinski definition) is 0. The summed E-state index contributed by atoms with van der Waals surface area (Å²) in [6.07, 6.45) is 4.78. The average molecular weight is 444 g/mol. The van der Waals surface area contributed by atoms with Gasteiger partial charge >= 0.3 is 0 Å². The Bertz CT molecular complexity index is 1100. The SMILES string of the molecule is IC1=CC2=C(CC1)c1ccccc1C21c2ccccc2-c2ccccc21. The molecule has 0 bridgehead atoms. The van der Waals surface area contributed by atoms with Gasteiger partial charge in [-0.25, -0.2) is 0 Å². The highest BCUT2D eigenvalue weighted by atomic mass is 127. The van der Waals surface area contributed by atoms with Crippen LogP contribution in [0.15, 0.2) is 88.0 Å². The second-order valence-corrected chi connectivity index (χ2v) is 8.76. The first kappa shape index (κ1) is 15.0. The number of rotatable bonds is 0. The summed E-state index contributed by atoms with van der Waals surface area (Å²) >= 11 is 2.53. The highest BCUT2D eigenvalue weighted by Crippen LogP contribution is 2.63. The summed E-state index contributed by atoms with van der Waals surface area (Å²) < 4.78 is 1.47. The summed E-state index contributed by atoms with van der Waals surface area (Å²) in [5.41, 5.74) is 11.5. The molecule has 3 aromatic carbocycles. The predicted octanol–water partition coefficient (Wildman–Crippen LogP) is 6.88. The monoisotopic (exact) mass is 444 g/mol. The third-order valence-corrected chi connectivity index (χ3v) is 7.10. The molecule has 3 aliphatic rings. The first-order valence-electron chi connectivity index (χ1n) is 9.21. The topological polar surface area (TPSA) is 0 Å². The Labute approximate surface area is 167 Å². The van der Waals surface area contributed by atoms with E-state index in [4.69, 9.17) is 0 Å². The van der Waals surface area contributed by atoms with Crippen molar-refractivity contribution in [1.82, 2.24) is 0 Å². The maximum absolute atomic E-state index is 2.53. The van der Waals surface area contributed by atoms with Gasteiger partial charge in [-0.1, -0.05) is 72.8 Å². The fraction of sp³-hybridized carbons (Fsp3) is 0.120. The Morgan fingerprint density at radius 1 is 0.615 bits per heavy atom. The van der Waals surface area contributed by atoms with E-state index in [0.717, 1.165) is 12.8 Å². The van der Waals surface area contributed by atoms with Crippen LogP contribution in [0.2, 0.25) is 0 Å². The quantitative estimate of drug-likeness (QED) is 0.332. The van der Waals surface area contributed by atoms with Crippen molar-refractivity contribution >= 4 is 28.2 Å². The molecule has 0 saturated heterocycles. The van der Waals surface area contributed by atoms with Crippen LogP contribution in [0, 0.1) is 0 Å². The lowest BCUT2D eigenvalue weighted by Gasteiger charge is -2.32. The molecule has 1 spiro atoms. The van der Waals surface area contributed by atoms with E-state index in [-0.39, 0.29) is 5.41 Å². The summed E-state index contributed by atoms with van der Waals surface area (Å²) in [4.78, 5) is 0. The van der Waals surface area contributed by atoms with Crippen LogP contribution in [-0.4, -0.2) is 0 Å². The Hall–Kier alpha value is -2.13. The van der Waals surface area contributed by atoms with E-state index < -0.39 is 0 Å². The molecule has 0 radical (unpaired) electrons. The van der Waals surface area contributed by atoms with Gasteiger partial charge in [-0.15, -0.1) is 0 Å². The van der Waals surface area contributed by atoms with Crippen molar-refractivity contribution in [2.24, 2.45) is 0 Å². The maximum atomic E-state index is 2.53. The van der Waals surface area contributed by atoms with Crippen LogP contribution in [0.5, 0.6) is 0 Å². The van der Waals surface area contributed by atoms with Crippen molar-refractivity contribution in [2.45, 2.75) is 18.3 Å². The minimum absolute atomic E-state index is 0.143. The Balaban J connectivity index is 1.84. The van der Waals surface area contributed by atoms with Gasteiger partial charge in [0.1, 0.15) is 0 Å². The molecule has 0 aliphatic heterocycles. The van der Waals surface area contributed by atoms with Crippen molar-refractivity contribution in [3.8, 4) is 11.1 Å². The van der Waals surface area contributed by atoms with Crippen LogP contribution in [0.3, 0.4) is 0 Å². The lowest BCUT2D eigenvalue weighted by molar-refractivity contribution is 0.780. The molecule has 0 fully saturated rings. The molecule has 3 aliphatic carbocycles. The first-order chi connectivity index (χ1) is 12.8. The van der Waals surface area contributed by atoms with Gasteiger partial charge in [0.15, 0.2) is 0 Å². The van der Waals surface area contributed by atoms with Gasteiger partial charge < -0.3 is 0 Å². The van der Waals surface area contributed by atoms with Gasteiger partial charge in [0.05, 0.1) is 5.41 Å². The predicted molar refractivity (Wildman–Crippen MR) is 116 cm³/mol. The van der Waals surface area contributed by atoms with Gasteiger partial charge in [0, 0.05) is 0 Å². The molecule has 0 atom stereocenters. The smallest absolute Gasteiger partial charge is 0.0619 e. The van der Waals surface area contributed by atoms with E-state index in [1.807, 2.05) is 0 Å². The third-order valence-electron chi connectivity index (χ3n) is 6.25. The van der Waals surface area contributed by atoms with Crippen molar-refractivity contribution < 1.29 is 0 Å². The molecular weight excluding hydrogens is 427 g/mol. The van der Waals surface area contributed by atoms with Crippen LogP contribution in [0.25, 0.3) is 16.7 Å². The number of benzene rings is 3. The van der Waals surface area contributed by atoms with E-state index in [1.165, 1.54) is 42.5 Å². The highest BCUT2D eigenvalue weighted by Gasteiger charge is 2.52. The van der Waals surface area contributed by atoms with Crippen LogP contribution in [0.1, 0.15) is 35.1 Å². The van der Waals surface area contributed by atoms with Crippen molar-refractivity contribution in [3.63, 3.8) is 0 Å². The molecule has 26 heavy (non-hydrogen) atoms. The highest BCUT2D eigenvalue weighted by molar-refractivity contribution is 14.1. The molecule has 0 heterocycles. The van der Waals surface area contributed by atoms with Crippen molar-refractivity contribution in [2.75, 3.05) is 0 Å². The zero-order chi connectivity index (χ0) is 17.3. The molecule has 3 aromatic rings. The lowest BCUT2D eigenvalue weighted by Crippen LogP contribution is -2.27. The van der Waals surface area contributed by atoms with Crippen LogP contribution < -0.4 is 0 Å². The number of allylic oxidation sites excluding steroid dienone is 4. The fourth-order valence-electron chi connectivity index (χ4n) is 5.34. The Morgan fingerprint density at radius 2 is 1.12 bits per heavy atom. The fourth-order valence-corrected chi connectivity index (χ4v) is 5.92. The van der Waals surface area contributed by atoms with E-state index in [9.17, 15) is 0 Å². The molecule has 0 unspecified atom stereocenters. The van der Waals surface area contributed by atoms with E-state index in [2.05, 4.69) is 101 Å². The van der Waals surface area contributed by atoms with Crippen LogP contribution >= 0.6 is 22.6 Å². The minimum atomic E-state index is -0.143. The molecule has 0 aromatic heterocycles. The normalized spacial score (nSPS) is 18.3. The van der Waals surface area contributed by atoms with Crippen molar-refractivity contribution in [1.29, 1.82) is 0 Å². The zero-order valence-corrected chi connectivity index (χ0v) is 16.5. The van der Waals surface area contributed by atoms with Crippen molar-refractivity contribution in [3.05, 3.63) is 110 Å².